The van der Waals surface area contributed by atoms with E-state index in [1.165, 1.54) is 43.5 Å². The minimum absolute atomic E-state index is 0.183. The second kappa shape index (κ2) is 8.62. The molecule has 0 heterocycles. The molecule has 148 valence electrons. The molecule has 0 aliphatic rings. The van der Waals surface area contributed by atoms with E-state index in [1.807, 2.05) is 0 Å². The zero-order valence-electron chi connectivity index (χ0n) is 15.7. The summed E-state index contributed by atoms with van der Waals surface area (Å²) in [4.78, 5) is 12.2. The molecule has 0 fully saturated rings. The van der Waals surface area contributed by atoms with Gasteiger partial charge in [0.2, 0.25) is 0 Å². The number of esters is 1. The second-order valence-electron chi connectivity index (χ2n) is 6.49. The van der Waals surface area contributed by atoms with Crippen LogP contribution in [0.25, 0.3) is 0 Å². The summed E-state index contributed by atoms with van der Waals surface area (Å²) in [5, 5.41) is 2.26. The lowest BCUT2D eigenvalue weighted by Crippen LogP contribution is -2.35. The SMILES string of the molecule is C=C(C[P+](c1ccc(F)cc1)(c1ccc(F)cc1)c1ccc(F)cc1)C(=O)OC. The van der Waals surface area contributed by atoms with Crippen molar-refractivity contribution in [3.63, 3.8) is 0 Å². The first-order chi connectivity index (χ1) is 13.9. The van der Waals surface area contributed by atoms with Gasteiger partial charge in [0.1, 0.15) is 46.8 Å². The van der Waals surface area contributed by atoms with Crippen molar-refractivity contribution in [1.29, 1.82) is 0 Å². The molecule has 0 bridgehead atoms. The Balaban J connectivity index is 2.32. The molecule has 0 amide bonds. The van der Waals surface area contributed by atoms with Crippen LogP contribution in [0.15, 0.2) is 84.9 Å². The Hall–Kier alpha value is -2.91. The summed E-state index contributed by atoms with van der Waals surface area (Å²) in [6.07, 6.45) is 0.183. The lowest BCUT2D eigenvalue weighted by molar-refractivity contribution is -0.135. The maximum atomic E-state index is 13.7. The Morgan fingerprint density at radius 1 is 0.759 bits per heavy atom. The smallest absolute Gasteiger partial charge is 0.336 e. The predicted molar refractivity (Wildman–Crippen MR) is 111 cm³/mol. The van der Waals surface area contributed by atoms with Crippen molar-refractivity contribution < 1.29 is 22.7 Å². The standard InChI is InChI=1S/C23H19F3O2P/c1-16(23(27)28-2)15-29(20-9-3-17(24)4-10-20,21-11-5-18(25)6-12-21)22-13-7-19(26)8-14-22/h3-14H,1,15H2,2H3/q+1. The number of hydrogen-bond donors (Lipinski definition) is 0. The van der Waals surface area contributed by atoms with Gasteiger partial charge in [-0.2, -0.15) is 0 Å². The minimum Gasteiger partial charge on any atom is -0.466 e. The van der Waals surface area contributed by atoms with E-state index < -0.39 is 30.7 Å². The Bertz CT molecular complexity index is 903. The largest absolute Gasteiger partial charge is 0.466 e. The first kappa shape index (κ1) is 20.8. The average Bonchev–Trinajstić information content (AvgIpc) is 2.73. The van der Waals surface area contributed by atoms with Crippen LogP contribution in [0.2, 0.25) is 0 Å². The number of methoxy groups -OCH3 is 1. The van der Waals surface area contributed by atoms with Crippen molar-refractivity contribution in [2.45, 2.75) is 0 Å². The molecule has 2 nitrogen and oxygen atoms in total. The third kappa shape index (κ3) is 4.25. The van der Waals surface area contributed by atoms with E-state index in [2.05, 4.69) is 6.58 Å². The number of hydrogen-bond acceptors (Lipinski definition) is 2. The van der Waals surface area contributed by atoms with Crippen LogP contribution in [0.1, 0.15) is 0 Å². The van der Waals surface area contributed by atoms with Crippen LogP contribution in [-0.2, 0) is 9.53 Å². The maximum absolute atomic E-state index is 13.7. The highest BCUT2D eigenvalue weighted by Gasteiger charge is 2.47. The molecule has 0 aromatic heterocycles. The second-order valence-corrected chi connectivity index (χ2v) is 9.98. The molecule has 3 aromatic rings. The summed E-state index contributed by atoms with van der Waals surface area (Å²) in [7, 11) is -1.37. The van der Waals surface area contributed by atoms with Gasteiger partial charge >= 0.3 is 5.97 Å². The summed E-state index contributed by atoms with van der Waals surface area (Å²) >= 11 is 0. The summed E-state index contributed by atoms with van der Waals surface area (Å²) in [5.41, 5.74) is 0.221. The van der Waals surface area contributed by atoms with E-state index in [1.54, 1.807) is 36.4 Å². The molecule has 0 aliphatic heterocycles. The van der Waals surface area contributed by atoms with Crippen molar-refractivity contribution in [1.82, 2.24) is 0 Å². The van der Waals surface area contributed by atoms with Gasteiger partial charge in [0.15, 0.2) is 0 Å². The number of rotatable bonds is 6. The Kier molecular flexibility index (Phi) is 6.19. The highest BCUT2D eigenvalue weighted by Crippen LogP contribution is 2.56. The monoisotopic (exact) mass is 415 g/mol. The van der Waals surface area contributed by atoms with Gasteiger partial charge in [0.05, 0.1) is 12.7 Å². The number of ether oxygens (including phenoxy) is 1. The van der Waals surface area contributed by atoms with E-state index in [-0.39, 0.29) is 11.7 Å². The van der Waals surface area contributed by atoms with Gasteiger partial charge in [0.25, 0.3) is 0 Å². The number of carbonyl (C=O) groups excluding carboxylic acids is 1. The quantitative estimate of drug-likeness (QED) is 0.344. The van der Waals surface area contributed by atoms with E-state index in [4.69, 9.17) is 4.74 Å². The highest BCUT2D eigenvalue weighted by molar-refractivity contribution is 7.95. The summed E-state index contributed by atoms with van der Waals surface area (Å²) in [5.74, 6) is -1.79. The normalized spacial score (nSPS) is 11.2. The first-order valence-corrected chi connectivity index (χ1v) is 10.8. The Morgan fingerprint density at radius 3 is 1.34 bits per heavy atom. The van der Waals surface area contributed by atoms with Crippen LogP contribution in [0, 0.1) is 17.5 Å². The molecular weight excluding hydrogens is 396 g/mol. The molecule has 0 atom stereocenters. The van der Waals surface area contributed by atoms with Crippen molar-refractivity contribution in [3.05, 3.63) is 102 Å². The lowest BCUT2D eigenvalue weighted by atomic mass is 10.3. The zero-order valence-corrected chi connectivity index (χ0v) is 16.6. The van der Waals surface area contributed by atoms with Crippen LogP contribution in [0.5, 0.6) is 0 Å². The van der Waals surface area contributed by atoms with Gasteiger partial charge < -0.3 is 4.74 Å². The molecule has 6 heteroatoms. The first-order valence-electron chi connectivity index (χ1n) is 8.79. The van der Waals surface area contributed by atoms with E-state index in [0.29, 0.717) is 0 Å². The summed E-state index contributed by atoms with van der Waals surface area (Å²) in [6, 6.07) is 17.8. The summed E-state index contributed by atoms with van der Waals surface area (Å²) < 4.78 is 45.8. The summed E-state index contributed by atoms with van der Waals surface area (Å²) in [6.45, 7) is 3.87. The van der Waals surface area contributed by atoms with Gasteiger partial charge in [-0.25, -0.2) is 18.0 Å². The van der Waals surface area contributed by atoms with Gasteiger partial charge in [0, 0.05) is 0 Å². The third-order valence-electron chi connectivity index (χ3n) is 4.70. The fourth-order valence-corrected chi connectivity index (χ4v) is 7.42. The van der Waals surface area contributed by atoms with Crippen molar-refractivity contribution in [3.8, 4) is 0 Å². The molecule has 3 aromatic carbocycles. The molecule has 0 saturated carbocycles. The Morgan fingerprint density at radius 2 is 1.07 bits per heavy atom. The number of halogens is 3. The molecule has 0 spiro atoms. The lowest BCUT2D eigenvalue weighted by Gasteiger charge is -2.28. The van der Waals surface area contributed by atoms with Gasteiger partial charge in [-0.15, -0.1) is 0 Å². The molecule has 0 saturated heterocycles. The minimum atomic E-state index is -2.64. The predicted octanol–water partition coefficient (Wildman–Crippen LogP) is 4.13. The fraction of sp³-hybridized carbons (Fsp3) is 0.0870. The van der Waals surface area contributed by atoms with Crippen molar-refractivity contribution in [2.75, 3.05) is 13.3 Å². The molecule has 29 heavy (non-hydrogen) atoms. The fourth-order valence-electron chi connectivity index (χ4n) is 3.30. The highest BCUT2D eigenvalue weighted by atomic mass is 31.2. The Labute approximate surface area is 168 Å². The molecule has 0 unspecified atom stereocenters. The van der Waals surface area contributed by atoms with Crippen molar-refractivity contribution >= 4 is 29.1 Å². The maximum Gasteiger partial charge on any atom is 0.336 e. The zero-order chi connectivity index (χ0) is 21.0. The van der Waals surface area contributed by atoms with E-state index in [9.17, 15) is 18.0 Å². The molecular formula is C23H19F3O2P+. The van der Waals surface area contributed by atoms with Gasteiger partial charge in [-0.3, -0.25) is 0 Å². The van der Waals surface area contributed by atoms with Crippen molar-refractivity contribution in [2.24, 2.45) is 0 Å². The van der Waals surface area contributed by atoms with Crippen LogP contribution in [0.4, 0.5) is 13.2 Å². The van der Waals surface area contributed by atoms with Gasteiger partial charge in [-0.1, -0.05) is 6.58 Å². The van der Waals surface area contributed by atoms with Crippen LogP contribution in [0.3, 0.4) is 0 Å². The van der Waals surface area contributed by atoms with Gasteiger partial charge in [-0.05, 0) is 72.8 Å². The molecule has 0 aliphatic carbocycles. The van der Waals surface area contributed by atoms with Crippen LogP contribution in [-0.4, -0.2) is 19.2 Å². The average molecular weight is 415 g/mol. The molecule has 0 radical (unpaired) electrons. The van der Waals surface area contributed by atoms with E-state index >= 15 is 0 Å². The van der Waals surface area contributed by atoms with E-state index in [0.717, 1.165) is 15.9 Å². The van der Waals surface area contributed by atoms with Crippen LogP contribution >= 0.6 is 7.26 Å². The topological polar surface area (TPSA) is 26.3 Å². The number of carbonyl (C=O) groups is 1. The number of benzene rings is 3. The molecule has 3 rings (SSSR count). The molecule has 0 N–H and O–H groups in total. The third-order valence-corrected chi connectivity index (χ3v) is 9.10. The van der Waals surface area contributed by atoms with Crippen LogP contribution < -0.4 is 15.9 Å².